The van der Waals surface area contributed by atoms with Gasteiger partial charge in [0.05, 0.1) is 0 Å². The molecule has 21 heavy (non-hydrogen) atoms. The molecule has 0 spiro atoms. The normalized spacial score (nSPS) is 18.3. The number of hydrogen-bond donors (Lipinski definition) is 1. The van der Waals surface area contributed by atoms with Crippen molar-refractivity contribution in [2.45, 2.75) is 66.5 Å². The molecule has 0 aliphatic carbocycles. The van der Waals surface area contributed by atoms with Crippen molar-refractivity contribution in [3.05, 3.63) is 23.4 Å². The SMILES string of the molecule is CCC1(C)CCN(c2cc(CNC(C)C)cc(C)n2)CC1. The van der Waals surface area contributed by atoms with Crippen molar-refractivity contribution in [3.8, 4) is 0 Å². The largest absolute Gasteiger partial charge is 0.357 e. The Labute approximate surface area is 130 Å². The molecule has 0 unspecified atom stereocenters. The van der Waals surface area contributed by atoms with Gasteiger partial charge in [-0.25, -0.2) is 4.98 Å². The van der Waals surface area contributed by atoms with E-state index in [4.69, 9.17) is 4.98 Å². The van der Waals surface area contributed by atoms with Crippen LogP contribution in [0.2, 0.25) is 0 Å². The highest BCUT2D eigenvalue weighted by atomic mass is 15.2. The number of nitrogens with zero attached hydrogens (tertiary/aromatic N) is 2. The van der Waals surface area contributed by atoms with E-state index in [0.717, 1.165) is 31.1 Å². The van der Waals surface area contributed by atoms with E-state index in [1.165, 1.54) is 24.8 Å². The Morgan fingerprint density at radius 2 is 1.95 bits per heavy atom. The average Bonchev–Trinajstić information content (AvgIpc) is 2.45. The van der Waals surface area contributed by atoms with Gasteiger partial charge in [0.15, 0.2) is 0 Å². The van der Waals surface area contributed by atoms with Gasteiger partial charge in [0.25, 0.3) is 0 Å². The zero-order valence-corrected chi connectivity index (χ0v) is 14.4. The highest BCUT2D eigenvalue weighted by Gasteiger charge is 2.28. The molecule has 1 fully saturated rings. The van der Waals surface area contributed by atoms with E-state index in [2.05, 4.69) is 57.0 Å². The maximum Gasteiger partial charge on any atom is 0.129 e. The van der Waals surface area contributed by atoms with Gasteiger partial charge in [0, 0.05) is 31.4 Å². The molecule has 2 rings (SSSR count). The lowest BCUT2D eigenvalue weighted by molar-refractivity contribution is 0.238. The third-order valence-corrected chi connectivity index (χ3v) is 4.86. The summed E-state index contributed by atoms with van der Waals surface area (Å²) in [5.74, 6) is 1.16. The highest BCUT2D eigenvalue weighted by molar-refractivity contribution is 5.43. The van der Waals surface area contributed by atoms with Crippen LogP contribution in [0.3, 0.4) is 0 Å². The van der Waals surface area contributed by atoms with Crippen LogP contribution in [0, 0.1) is 12.3 Å². The maximum atomic E-state index is 4.76. The summed E-state index contributed by atoms with van der Waals surface area (Å²) in [6.07, 6.45) is 3.84. The van der Waals surface area contributed by atoms with E-state index < -0.39 is 0 Å². The van der Waals surface area contributed by atoms with Crippen molar-refractivity contribution in [2.75, 3.05) is 18.0 Å². The van der Waals surface area contributed by atoms with Crippen molar-refractivity contribution in [3.63, 3.8) is 0 Å². The predicted octanol–water partition coefficient (Wildman–Crippen LogP) is 3.90. The van der Waals surface area contributed by atoms with Crippen molar-refractivity contribution in [1.82, 2.24) is 10.3 Å². The zero-order valence-electron chi connectivity index (χ0n) is 14.4. The quantitative estimate of drug-likeness (QED) is 0.891. The summed E-state index contributed by atoms with van der Waals surface area (Å²) in [6, 6.07) is 4.97. The molecule has 0 bridgehead atoms. The highest BCUT2D eigenvalue weighted by Crippen LogP contribution is 2.35. The Hall–Kier alpha value is -1.09. The average molecular weight is 289 g/mol. The summed E-state index contributed by atoms with van der Waals surface area (Å²) in [4.78, 5) is 7.22. The molecule has 0 aromatic carbocycles. The van der Waals surface area contributed by atoms with Crippen LogP contribution < -0.4 is 10.2 Å². The Bertz CT molecular complexity index is 460. The summed E-state index contributed by atoms with van der Waals surface area (Å²) >= 11 is 0. The van der Waals surface area contributed by atoms with Gasteiger partial charge in [-0.2, -0.15) is 0 Å². The van der Waals surface area contributed by atoms with Crippen LogP contribution in [-0.2, 0) is 6.54 Å². The molecule has 1 aliphatic heterocycles. The second-order valence-corrected chi connectivity index (χ2v) is 7.16. The van der Waals surface area contributed by atoms with E-state index in [0.29, 0.717) is 11.5 Å². The summed E-state index contributed by atoms with van der Waals surface area (Å²) in [7, 11) is 0. The standard InChI is InChI=1S/C18H31N3/c1-6-18(5)7-9-21(10-8-18)17-12-16(11-15(4)20-17)13-19-14(2)3/h11-12,14,19H,6-10,13H2,1-5H3. The number of aryl methyl sites for hydroxylation is 1. The van der Waals surface area contributed by atoms with Gasteiger partial charge in [-0.1, -0.05) is 34.1 Å². The molecule has 2 heterocycles. The fourth-order valence-corrected chi connectivity index (χ4v) is 2.94. The first-order chi connectivity index (χ1) is 9.92. The van der Waals surface area contributed by atoms with E-state index in [9.17, 15) is 0 Å². The lowest BCUT2D eigenvalue weighted by Gasteiger charge is -2.39. The lowest BCUT2D eigenvalue weighted by atomic mass is 9.78. The number of hydrogen-bond acceptors (Lipinski definition) is 3. The predicted molar refractivity (Wildman–Crippen MR) is 90.8 cm³/mol. The smallest absolute Gasteiger partial charge is 0.129 e. The third-order valence-electron chi connectivity index (χ3n) is 4.86. The molecule has 1 aliphatic rings. The van der Waals surface area contributed by atoms with Crippen molar-refractivity contribution in [2.24, 2.45) is 5.41 Å². The first-order valence-corrected chi connectivity index (χ1v) is 8.38. The fourth-order valence-electron chi connectivity index (χ4n) is 2.94. The molecule has 0 atom stereocenters. The number of aromatic nitrogens is 1. The van der Waals surface area contributed by atoms with Crippen molar-refractivity contribution < 1.29 is 0 Å². The maximum absolute atomic E-state index is 4.76. The Kier molecular flexibility index (Phi) is 5.26. The minimum absolute atomic E-state index is 0.516. The van der Waals surface area contributed by atoms with Crippen molar-refractivity contribution >= 4 is 5.82 Å². The Morgan fingerprint density at radius 3 is 2.52 bits per heavy atom. The second kappa shape index (κ2) is 6.78. The number of pyridine rings is 1. The Morgan fingerprint density at radius 1 is 1.29 bits per heavy atom. The molecule has 1 saturated heterocycles. The molecule has 0 saturated carbocycles. The minimum atomic E-state index is 0.516. The van der Waals surface area contributed by atoms with Gasteiger partial charge < -0.3 is 10.2 Å². The number of nitrogens with one attached hydrogen (secondary N) is 1. The van der Waals surface area contributed by atoms with Crippen LogP contribution in [0.15, 0.2) is 12.1 Å². The molecular formula is C18H31N3. The van der Waals surface area contributed by atoms with E-state index in [-0.39, 0.29) is 0 Å². The van der Waals surface area contributed by atoms with Gasteiger partial charge >= 0.3 is 0 Å². The first-order valence-electron chi connectivity index (χ1n) is 8.38. The van der Waals surface area contributed by atoms with E-state index in [1.54, 1.807) is 0 Å². The van der Waals surface area contributed by atoms with Gasteiger partial charge in [-0.3, -0.25) is 0 Å². The molecular weight excluding hydrogens is 258 g/mol. The molecule has 1 N–H and O–H groups in total. The van der Waals surface area contributed by atoms with Gasteiger partial charge in [-0.15, -0.1) is 0 Å². The van der Waals surface area contributed by atoms with Crippen molar-refractivity contribution in [1.29, 1.82) is 0 Å². The molecule has 1 aromatic rings. The Balaban J connectivity index is 2.06. The monoisotopic (exact) mass is 289 g/mol. The van der Waals surface area contributed by atoms with Gasteiger partial charge in [-0.05, 0) is 42.9 Å². The summed E-state index contributed by atoms with van der Waals surface area (Å²) < 4.78 is 0. The van der Waals surface area contributed by atoms with Crippen LogP contribution in [0.4, 0.5) is 5.82 Å². The first kappa shape index (κ1) is 16.3. The molecule has 0 radical (unpaired) electrons. The van der Waals surface area contributed by atoms with Crippen LogP contribution in [-0.4, -0.2) is 24.1 Å². The zero-order chi connectivity index (χ0) is 15.5. The van der Waals surface area contributed by atoms with Gasteiger partial charge in [0.1, 0.15) is 5.82 Å². The molecule has 3 nitrogen and oxygen atoms in total. The van der Waals surface area contributed by atoms with Crippen LogP contribution in [0.25, 0.3) is 0 Å². The number of piperidine rings is 1. The molecule has 3 heteroatoms. The molecule has 1 aromatic heterocycles. The molecule has 0 amide bonds. The lowest BCUT2D eigenvalue weighted by Crippen LogP contribution is -2.39. The van der Waals surface area contributed by atoms with E-state index >= 15 is 0 Å². The number of anilines is 1. The summed E-state index contributed by atoms with van der Waals surface area (Å²) in [5.41, 5.74) is 2.99. The summed E-state index contributed by atoms with van der Waals surface area (Å²) in [6.45, 7) is 14.4. The fraction of sp³-hybridized carbons (Fsp3) is 0.722. The second-order valence-electron chi connectivity index (χ2n) is 7.16. The van der Waals surface area contributed by atoms with Gasteiger partial charge in [0.2, 0.25) is 0 Å². The minimum Gasteiger partial charge on any atom is -0.357 e. The summed E-state index contributed by atoms with van der Waals surface area (Å²) in [5, 5.41) is 3.50. The number of rotatable bonds is 5. The third kappa shape index (κ3) is 4.44. The van der Waals surface area contributed by atoms with Crippen LogP contribution in [0.5, 0.6) is 0 Å². The van der Waals surface area contributed by atoms with E-state index in [1.807, 2.05) is 0 Å². The van der Waals surface area contributed by atoms with Crippen LogP contribution >= 0.6 is 0 Å². The van der Waals surface area contributed by atoms with Crippen LogP contribution in [0.1, 0.15) is 58.2 Å². The topological polar surface area (TPSA) is 28.2 Å². The molecule has 118 valence electrons.